The van der Waals surface area contributed by atoms with Gasteiger partial charge in [0.25, 0.3) is 0 Å². The summed E-state index contributed by atoms with van der Waals surface area (Å²) >= 11 is 0. The third-order valence-corrected chi connectivity index (χ3v) is 5.72. The van der Waals surface area contributed by atoms with Crippen LogP contribution in [0.4, 0.5) is 0 Å². The number of benzene rings is 2. The summed E-state index contributed by atoms with van der Waals surface area (Å²) in [7, 11) is 3.20. The monoisotopic (exact) mass is 483 g/mol. The summed E-state index contributed by atoms with van der Waals surface area (Å²) in [5.74, 6) is 5.07. The van der Waals surface area contributed by atoms with E-state index in [-0.39, 0.29) is 6.61 Å². The molecule has 0 fully saturated rings. The topological polar surface area (TPSA) is 69.2 Å². The molecule has 0 bridgehead atoms. The van der Waals surface area contributed by atoms with E-state index >= 15 is 0 Å². The molecule has 0 aliphatic carbocycles. The first-order chi connectivity index (χ1) is 17.2. The highest BCUT2D eigenvalue weighted by molar-refractivity contribution is 5.54. The van der Waals surface area contributed by atoms with Gasteiger partial charge in [0.15, 0.2) is 11.5 Å². The number of methoxy groups -OCH3 is 2. The first kappa shape index (κ1) is 28.4. The van der Waals surface area contributed by atoms with Gasteiger partial charge >= 0.3 is 0 Å². The van der Waals surface area contributed by atoms with Gasteiger partial charge < -0.3 is 29.4 Å². The second kappa shape index (κ2) is 17.5. The molecule has 2 rings (SSSR count). The molecule has 192 valence electrons. The highest BCUT2D eigenvalue weighted by Crippen LogP contribution is 2.38. The summed E-state index contributed by atoms with van der Waals surface area (Å²) < 4.78 is 22.4. The molecule has 0 unspecified atom stereocenters. The van der Waals surface area contributed by atoms with Crippen molar-refractivity contribution in [2.75, 3.05) is 34.0 Å². The van der Waals surface area contributed by atoms with Crippen LogP contribution in [0.15, 0.2) is 36.4 Å². The molecule has 2 aromatic rings. The largest absolute Gasteiger partial charge is 0.494 e. The number of aliphatic hydroxyl groups excluding tert-OH is 1. The Balaban J connectivity index is 1.68. The predicted octanol–water partition coefficient (Wildman–Crippen LogP) is 5.50. The van der Waals surface area contributed by atoms with Crippen LogP contribution in [0.5, 0.6) is 23.0 Å². The minimum absolute atomic E-state index is 0.150. The molecule has 0 amide bonds. The Morgan fingerprint density at radius 2 is 1.34 bits per heavy atom. The number of rotatable bonds is 19. The zero-order chi connectivity index (χ0) is 25.1. The molecule has 0 heterocycles. The van der Waals surface area contributed by atoms with Crippen molar-refractivity contribution in [1.82, 2.24) is 5.32 Å². The number of terminal acetylenes is 1. The van der Waals surface area contributed by atoms with Crippen molar-refractivity contribution in [3.63, 3.8) is 0 Å². The number of hydrogen-bond donors (Lipinski definition) is 2. The van der Waals surface area contributed by atoms with E-state index in [1.807, 2.05) is 24.3 Å². The summed E-state index contributed by atoms with van der Waals surface area (Å²) in [6.07, 6.45) is 14.7. The van der Waals surface area contributed by atoms with Crippen LogP contribution in [0.2, 0.25) is 0 Å². The third kappa shape index (κ3) is 10.9. The number of nitrogens with one attached hydrogen (secondary N) is 1. The van der Waals surface area contributed by atoms with Crippen LogP contribution in [-0.4, -0.2) is 39.1 Å². The molecule has 6 nitrogen and oxygen atoms in total. The first-order valence-electron chi connectivity index (χ1n) is 12.6. The maximum absolute atomic E-state index is 8.78. The fraction of sp³-hybridized carbons (Fsp3) is 0.517. The maximum Gasteiger partial charge on any atom is 0.204 e. The highest BCUT2D eigenvalue weighted by atomic mass is 16.5. The SMILES string of the molecule is C#CCOc1c(OC)cc(CNCc2ccc(OCCCCCCCCCCO)cc2)cc1OC. The lowest BCUT2D eigenvalue weighted by Gasteiger charge is -2.15. The van der Waals surface area contributed by atoms with E-state index in [1.165, 1.54) is 37.7 Å². The van der Waals surface area contributed by atoms with Gasteiger partial charge in [0.1, 0.15) is 12.4 Å². The zero-order valence-corrected chi connectivity index (χ0v) is 21.3. The smallest absolute Gasteiger partial charge is 0.204 e. The van der Waals surface area contributed by atoms with Gasteiger partial charge in [0, 0.05) is 19.7 Å². The minimum atomic E-state index is 0.150. The van der Waals surface area contributed by atoms with Crippen LogP contribution >= 0.6 is 0 Å². The second-order valence-corrected chi connectivity index (χ2v) is 8.47. The van der Waals surface area contributed by atoms with Gasteiger partial charge in [-0.05, 0) is 48.2 Å². The second-order valence-electron chi connectivity index (χ2n) is 8.47. The minimum Gasteiger partial charge on any atom is -0.494 e. The first-order valence-corrected chi connectivity index (χ1v) is 12.6. The third-order valence-electron chi connectivity index (χ3n) is 5.72. The maximum atomic E-state index is 8.78. The lowest BCUT2D eigenvalue weighted by molar-refractivity contribution is 0.282. The van der Waals surface area contributed by atoms with Gasteiger partial charge in [0.2, 0.25) is 5.75 Å². The van der Waals surface area contributed by atoms with E-state index in [0.717, 1.165) is 43.7 Å². The quantitative estimate of drug-likeness (QED) is 0.203. The Morgan fingerprint density at radius 1 is 0.771 bits per heavy atom. The lowest BCUT2D eigenvalue weighted by Crippen LogP contribution is -2.13. The summed E-state index contributed by atoms with van der Waals surface area (Å²) in [5.41, 5.74) is 2.21. The highest BCUT2D eigenvalue weighted by Gasteiger charge is 2.14. The molecule has 0 aliphatic rings. The molecule has 0 saturated heterocycles. The Hall–Kier alpha value is -2.88. The van der Waals surface area contributed by atoms with Crippen LogP contribution < -0.4 is 24.3 Å². The van der Waals surface area contributed by atoms with Crippen LogP contribution in [0.25, 0.3) is 0 Å². The Morgan fingerprint density at radius 3 is 1.91 bits per heavy atom. The Kier molecular flexibility index (Phi) is 14.2. The van der Waals surface area contributed by atoms with Gasteiger partial charge in [-0.15, -0.1) is 6.42 Å². The molecule has 35 heavy (non-hydrogen) atoms. The van der Waals surface area contributed by atoms with Gasteiger partial charge in [-0.3, -0.25) is 0 Å². The normalized spacial score (nSPS) is 10.6. The van der Waals surface area contributed by atoms with Crippen molar-refractivity contribution in [2.24, 2.45) is 0 Å². The molecule has 0 aliphatic heterocycles. The molecule has 0 atom stereocenters. The van der Waals surface area contributed by atoms with E-state index in [4.69, 9.17) is 30.5 Å². The lowest BCUT2D eigenvalue weighted by atomic mass is 10.1. The summed E-state index contributed by atoms with van der Waals surface area (Å²) in [4.78, 5) is 0. The number of hydrogen-bond acceptors (Lipinski definition) is 6. The molecular weight excluding hydrogens is 442 g/mol. The molecule has 0 aromatic heterocycles. The van der Waals surface area contributed by atoms with E-state index in [0.29, 0.717) is 30.4 Å². The van der Waals surface area contributed by atoms with Crippen LogP contribution in [0.3, 0.4) is 0 Å². The number of unbranched alkanes of at least 4 members (excludes halogenated alkanes) is 7. The average Bonchev–Trinajstić information content (AvgIpc) is 2.89. The molecule has 2 N–H and O–H groups in total. The number of ether oxygens (including phenoxy) is 4. The molecule has 0 saturated carbocycles. The van der Waals surface area contributed by atoms with Gasteiger partial charge in [-0.2, -0.15) is 0 Å². The van der Waals surface area contributed by atoms with Crippen molar-refractivity contribution < 1.29 is 24.1 Å². The molecule has 0 spiro atoms. The van der Waals surface area contributed by atoms with Crippen molar-refractivity contribution in [3.8, 4) is 35.3 Å². The molecular formula is C29H41NO5. The number of aliphatic hydroxyl groups is 1. The van der Waals surface area contributed by atoms with Crippen LogP contribution in [0.1, 0.15) is 62.5 Å². The van der Waals surface area contributed by atoms with Crippen molar-refractivity contribution >= 4 is 0 Å². The fourth-order valence-electron chi connectivity index (χ4n) is 3.81. The van der Waals surface area contributed by atoms with E-state index < -0.39 is 0 Å². The molecule has 2 aromatic carbocycles. The standard InChI is InChI=1S/C29H41NO5/c1-4-18-35-29-27(32-2)20-25(21-28(29)33-3)23-30-22-24-13-15-26(16-14-24)34-19-12-10-8-6-5-7-9-11-17-31/h1,13-16,20-21,30-31H,5-12,17-19,22-23H2,2-3H3. The van der Waals surface area contributed by atoms with E-state index in [1.54, 1.807) is 14.2 Å². The zero-order valence-electron chi connectivity index (χ0n) is 21.3. The van der Waals surface area contributed by atoms with Crippen LogP contribution in [0, 0.1) is 12.3 Å². The Labute approximate surface area is 210 Å². The van der Waals surface area contributed by atoms with Crippen LogP contribution in [-0.2, 0) is 13.1 Å². The van der Waals surface area contributed by atoms with Gasteiger partial charge in [-0.25, -0.2) is 0 Å². The average molecular weight is 484 g/mol. The van der Waals surface area contributed by atoms with E-state index in [9.17, 15) is 0 Å². The van der Waals surface area contributed by atoms with E-state index in [2.05, 4.69) is 23.4 Å². The van der Waals surface area contributed by atoms with Gasteiger partial charge in [-0.1, -0.05) is 56.6 Å². The summed E-state index contributed by atoms with van der Waals surface area (Å²) in [6, 6.07) is 12.1. The van der Waals surface area contributed by atoms with Crippen molar-refractivity contribution in [2.45, 2.75) is 64.5 Å². The summed E-state index contributed by atoms with van der Waals surface area (Å²) in [6.45, 7) is 2.61. The van der Waals surface area contributed by atoms with Crippen molar-refractivity contribution in [1.29, 1.82) is 0 Å². The van der Waals surface area contributed by atoms with Crippen molar-refractivity contribution in [3.05, 3.63) is 47.5 Å². The fourth-order valence-corrected chi connectivity index (χ4v) is 3.81. The summed E-state index contributed by atoms with van der Waals surface area (Å²) in [5, 5.41) is 12.2. The predicted molar refractivity (Wildman–Crippen MR) is 140 cm³/mol. The molecule has 0 radical (unpaired) electrons. The Bertz CT molecular complexity index is 851. The molecule has 6 heteroatoms. The van der Waals surface area contributed by atoms with Gasteiger partial charge in [0.05, 0.1) is 20.8 Å².